The second-order valence-electron chi connectivity index (χ2n) is 3.85. The second kappa shape index (κ2) is 4.10. The Kier molecular flexibility index (Phi) is 2.98. The number of pyridine rings is 1. The molecule has 1 heterocycles. The summed E-state index contributed by atoms with van der Waals surface area (Å²) in [6.07, 6.45) is 4.70. The first-order valence-corrected chi connectivity index (χ1v) is 6.46. The van der Waals surface area contributed by atoms with Gasteiger partial charge in [-0.3, -0.25) is 0 Å². The van der Waals surface area contributed by atoms with Gasteiger partial charge in [-0.25, -0.2) is 4.98 Å². The van der Waals surface area contributed by atoms with Crippen LogP contribution in [-0.4, -0.2) is 22.5 Å². The molecule has 1 fully saturated rings. The van der Waals surface area contributed by atoms with E-state index < -0.39 is 0 Å². The molecule has 1 aromatic heterocycles. The molecule has 0 spiro atoms. The van der Waals surface area contributed by atoms with Gasteiger partial charge in [0.25, 0.3) is 0 Å². The molecule has 0 unspecified atom stereocenters. The lowest BCUT2D eigenvalue weighted by Crippen LogP contribution is -2.18. The first-order chi connectivity index (χ1) is 7.13. The highest BCUT2D eigenvalue weighted by Crippen LogP contribution is 2.46. The van der Waals surface area contributed by atoms with Crippen molar-refractivity contribution in [2.45, 2.75) is 17.6 Å². The van der Waals surface area contributed by atoms with Gasteiger partial charge in [0.1, 0.15) is 11.0 Å². The Hall–Kier alpha value is -0.610. The topological polar surface area (TPSA) is 50.9 Å². The summed E-state index contributed by atoms with van der Waals surface area (Å²) >= 11 is 7.72. The van der Waals surface area contributed by atoms with Gasteiger partial charge in [-0.15, -0.1) is 0 Å². The largest absolute Gasteiger partial charge is 0.399 e. The van der Waals surface area contributed by atoms with Crippen LogP contribution in [0.5, 0.6) is 0 Å². The summed E-state index contributed by atoms with van der Waals surface area (Å²) < 4.78 is 0.415. The van der Waals surface area contributed by atoms with Crippen LogP contribution in [0.15, 0.2) is 12.1 Å². The minimum atomic E-state index is 0.415. The highest BCUT2D eigenvalue weighted by Gasteiger charge is 2.41. The van der Waals surface area contributed by atoms with Crippen molar-refractivity contribution in [3.63, 3.8) is 0 Å². The van der Waals surface area contributed by atoms with Gasteiger partial charge in [0.05, 0.1) is 0 Å². The zero-order valence-corrected chi connectivity index (χ0v) is 10.2. The maximum absolute atomic E-state index is 5.81. The van der Waals surface area contributed by atoms with E-state index in [-0.39, 0.29) is 0 Å². The van der Waals surface area contributed by atoms with Crippen LogP contribution in [0.3, 0.4) is 0 Å². The fourth-order valence-electron chi connectivity index (χ4n) is 1.45. The number of nitrogens with zero attached hydrogens (tertiary/aromatic N) is 1. The van der Waals surface area contributed by atoms with Gasteiger partial charge < -0.3 is 11.1 Å². The third-order valence-electron chi connectivity index (χ3n) is 2.65. The van der Waals surface area contributed by atoms with Crippen LogP contribution in [0, 0.1) is 0 Å². The van der Waals surface area contributed by atoms with E-state index in [1.54, 1.807) is 6.07 Å². The van der Waals surface area contributed by atoms with E-state index in [0.29, 0.717) is 15.6 Å². The molecule has 2 rings (SSSR count). The number of nitrogen functional groups attached to an aromatic ring is 1. The molecule has 15 heavy (non-hydrogen) atoms. The quantitative estimate of drug-likeness (QED) is 0.799. The van der Waals surface area contributed by atoms with Gasteiger partial charge in [0.2, 0.25) is 0 Å². The average Bonchev–Trinajstić information content (AvgIpc) is 2.94. The number of hydrogen-bond acceptors (Lipinski definition) is 4. The van der Waals surface area contributed by atoms with Crippen LogP contribution in [0.2, 0.25) is 5.15 Å². The Balaban J connectivity index is 1.99. The first-order valence-electron chi connectivity index (χ1n) is 4.86. The molecule has 0 saturated heterocycles. The lowest BCUT2D eigenvalue weighted by Gasteiger charge is -2.13. The molecule has 0 amide bonds. The van der Waals surface area contributed by atoms with Crippen LogP contribution < -0.4 is 11.1 Å². The maximum atomic E-state index is 5.81. The molecule has 1 aliphatic rings. The molecule has 1 aromatic rings. The predicted octanol–water partition coefficient (Wildman–Crippen LogP) is 2.62. The van der Waals surface area contributed by atoms with Gasteiger partial charge >= 0.3 is 0 Å². The minimum Gasteiger partial charge on any atom is -0.399 e. The molecule has 3 nitrogen and oxygen atoms in total. The minimum absolute atomic E-state index is 0.415. The standard InChI is InChI=1S/C10H14ClN3S/c1-15-10(2-3-10)6-13-9-5-7(12)4-8(11)14-9/h4-5H,2-3,6H2,1H3,(H3,12,13,14). The molecule has 0 aliphatic heterocycles. The summed E-state index contributed by atoms with van der Waals surface area (Å²) in [5, 5.41) is 3.72. The van der Waals surface area contributed by atoms with Gasteiger partial charge in [-0.05, 0) is 25.2 Å². The number of hydrogen-bond donors (Lipinski definition) is 2. The van der Waals surface area contributed by atoms with E-state index in [0.717, 1.165) is 12.4 Å². The molecule has 1 aliphatic carbocycles. The van der Waals surface area contributed by atoms with Crippen molar-refractivity contribution < 1.29 is 0 Å². The van der Waals surface area contributed by atoms with Crippen molar-refractivity contribution in [1.29, 1.82) is 0 Å². The molecule has 82 valence electrons. The van der Waals surface area contributed by atoms with Crippen molar-refractivity contribution in [1.82, 2.24) is 4.98 Å². The molecule has 0 atom stereocenters. The predicted molar refractivity (Wildman–Crippen MR) is 67.6 cm³/mol. The van der Waals surface area contributed by atoms with E-state index >= 15 is 0 Å². The summed E-state index contributed by atoms with van der Waals surface area (Å²) in [5.41, 5.74) is 6.32. The molecule has 5 heteroatoms. The Morgan fingerprint density at radius 1 is 1.60 bits per heavy atom. The van der Waals surface area contributed by atoms with Crippen LogP contribution in [0.25, 0.3) is 0 Å². The Labute approximate surface area is 98.8 Å². The van der Waals surface area contributed by atoms with Gasteiger partial charge in [0.15, 0.2) is 0 Å². The molecule has 1 saturated carbocycles. The summed E-state index contributed by atoms with van der Waals surface area (Å²) in [4.78, 5) is 4.16. The summed E-state index contributed by atoms with van der Waals surface area (Å²) in [6.45, 7) is 0.931. The summed E-state index contributed by atoms with van der Waals surface area (Å²) in [7, 11) is 0. The van der Waals surface area contributed by atoms with E-state index in [1.165, 1.54) is 12.8 Å². The third-order valence-corrected chi connectivity index (χ3v) is 4.26. The first kappa shape index (κ1) is 10.9. The number of rotatable bonds is 4. The Bertz CT molecular complexity index is 345. The van der Waals surface area contributed by atoms with Gasteiger partial charge in [0, 0.05) is 23.0 Å². The molecular weight excluding hydrogens is 230 g/mol. The average molecular weight is 244 g/mol. The second-order valence-corrected chi connectivity index (χ2v) is 5.51. The van der Waals surface area contributed by atoms with E-state index in [1.807, 2.05) is 17.8 Å². The van der Waals surface area contributed by atoms with Crippen LogP contribution >= 0.6 is 23.4 Å². The normalized spacial score (nSPS) is 17.5. The zero-order chi connectivity index (χ0) is 10.9. The summed E-state index contributed by atoms with van der Waals surface area (Å²) in [5.74, 6) is 0.764. The van der Waals surface area contributed by atoms with Crippen molar-refractivity contribution in [2.24, 2.45) is 0 Å². The smallest absolute Gasteiger partial charge is 0.133 e. The third kappa shape index (κ3) is 2.69. The van der Waals surface area contributed by atoms with Gasteiger partial charge in [-0.2, -0.15) is 11.8 Å². The summed E-state index contributed by atoms with van der Waals surface area (Å²) in [6, 6.07) is 3.45. The molecule has 3 N–H and O–H groups in total. The number of aromatic nitrogens is 1. The van der Waals surface area contributed by atoms with E-state index in [2.05, 4.69) is 16.6 Å². The van der Waals surface area contributed by atoms with Gasteiger partial charge in [-0.1, -0.05) is 11.6 Å². The monoisotopic (exact) mass is 243 g/mol. The van der Waals surface area contributed by atoms with E-state index in [9.17, 15) is 0 Å². The van der Waals surface area contributed by atoms with Crippen molar-refractivity contribution >= 4 is 34.9 Å². The van der Waals surface area contributed by atoms with Crippen LogP contribution in [-0.2, 0) is 0 Å². The highest BCUT2D eigenvalue weighted by atomic mass is 35.5. The Morgan fingerprint density at radius 2 is 2.33 bits per heavy atom. The van der Waals surface area contributed by atoms with E-state index in [4.69, 9.17) is 17.3 Å². The van der Waals surface area contributed by atoms with Crippen molar-refractivity contribution in [2.75, 3.05) is 23.9 Å². The molecular formula is C10H14ClN3S. The van der Waals surface area contributed by atoms with Crippen molar-refractivity contribution in [3.05, 3.63) is 17.3 Å². The van der Waals surface area contributed by atoms with Crippen molar-refractivity contribution in [3.8, 4) is 0 Å². The number of thioether (sulfide) groups is 1. The number of anilines is 2. The zero-order valence-electron chi connectivity index (χ0n) is 8.59. The molecule has 0 radical (unpaired) electrons. The van der Waals surface area contributed by atoms with Crippen LogP contribution in [0.1, 0.15) is 12.8 Å². The van der Waals surface area contributed by atoms with Crippen LogP contribution in [0.4, 0.5) is 11.5 Å². The molecule has 0 bridgehead atoms. The Morgan fingerprint density at radius 3 is 2.87 bits per heavy atom. The maximum Gasteiger partial charge on any atom is 0.133 e. The number of nitrogens with two attached hydrogens (primary N) is 1. The lowest BCUT2D eigenvalue weighted by molar-refractivity contribution is 0.941. The fraction of sp³-hybridized carbons (Fsp3) is 0.500. The highest BCUT2D eigenvalue weighted by molar-refractivity contribution is 8.00. The number of halogens is 1. The number of nitrogens with one attached hydrogen (secondary N) is 1. The lowest BCUT2D eigenvalue weighted by atomic mass is 10.3. The SMILES string of the molecule is CSC1(CNc2cc(N)cc(Cl)n2)CC1. The fourth-order valence-corrected chi connectivity index (χ4v) is 2.40. The molecule has 0 aromatic carbocycles.